The van der Waals surface area contributed by atoms with Crippen LogP contribution in [0.15, 0.2) is 206 Å². The van der Waals surface area contributed by atoms with Crippen molar-refractivity contribution in [3.8, 4) is 86.2 Å². The Bertz CT molecular complexity index is 8040. The maximum absolute atomic E-state index is 13.6. The van der Waals surface area contributed by atoms with Gasteiger partial charge in [-0.3, -0.25) is 47.9 Å². The van der Waals surface area contributed by atoms with Gasteiger partial charge in [0.25, 0.3) is 27.8 Å². The molecule has 0 aliphatic heterocycles. The van der Waals surface area contributed by atoms with Crippen molar-refractivity contribution in [1.29, 1.82) is 0 Å². The second-order valence-corrected chi connectivity index (χ2v) is 34.9. The van der Waals surface area contributed by atoms with E-state index in [0.717, 1.165) is 24.3 Å². The molecule has 0 atom stereocenters. The van der Waals surface area contributed by atoms with Gasteiger partial charge in [-0.15, -0.1) is 0 Å². The number of aryl methyl sites for hydroxylation is 5. The number of aromatic nitrogens is 5. The fourth-order valence-electron chi connectivity index (χ4n) is 14.6. The lowest BCUT2D eigenvalue weighted by Gasteiger charge is -2.13. The van der Waals surface area contributed by atoms with Crippen LogP contribution in [0.2, 0.25) is 25.1 Å². The summed E-state index contributed by atoms with van der Waals surface area (Å²) in [6.45, 7) is 6.73. The maximum Gasteiger partial charge on any atom is 0.265 e. The van der Waals surface area contributed by atoms with Gasteiger partial charge in [-0.2, -0.15) is 0 Å². The number of fused-ring (bicyclic) bond motifs is 5. The van der Waals surface area contributed by atoms with Crippen molar-refractivity contribution < 1.29 is 119 Å². The lowest BCUT2D eigenvalue weighted by Crippen LogP contribution is -2.25. The van der Waals surface area contributed by atoms with Gasteiger partial charge in [0.2, 0.25) is 0 Å². The number of nitrogens with zero attached hydrogens (tertiary/aromatic N) is 5. The highest BCUT2D eigenvalue weighted by molar-refractivity contribution is 6.33. The third-order valence-corrected chi connectivity index (χ3v) is 23.7. The Morgan fingerprint density at radius 2 is 0.552 bits per heavy atom. The molecule has 15 aromatic rings. The first-order valence-electron chi connectivity index (χ1n) is 43.5. The van der Waals surface area contributed by atoms with Crippen LogP contribution in [0, 0.1) is 29.1 Å². The van der Waals surface area contributed by atoms with E-state index in [-0.39, 0.29) is 213 Å². The molecular weight excluding hydrogens is 2000 g/mol. The van der Waals surface area contributed by atoms with Gasteiger partial charge >= 0.3 is 0 Å². The fourth-order valence-corrected chi connectivity index (χ4v) is 15.5. The van der Waals surface area contributed by atoms with E-state index in [2.05, 4.69) is 0 Å². The lowest BCUT2D eigenvalue weighted by molar-refractivity contribution is -0.117. The lowest BCUT2D eigenvalue weighted by atomic mass is 10.0. The second kappa shape index (κ2) is 47.3. The number of ether oxygens (including phenoxy) is 5. The quantitative estimate of drug-likeness (QED) is 0.0206. The van der Waals surface area contributed by atoms with Gasteiger partial charge in [0, 0.05) is 180 Å². The van der Waals surface area contributed by atoms with E-state index in [1.807, 2.05) is 0 Å². The first kappa shape index (κ1) is 109. The number of pyridine rings is 5. The van der Waals surface area contributed by atoms with E-state index < -0.39 is 115 Å². The molecule has 145 heavy (non-hydrogen) atoms. The fraction of sp³-hybridized carbons (Fsp3) is 0.190. The third-order valence-electron chi connectivity index (χ3n) is 22.2. The Balaban J connectivity index is 0.000000173. The average Bonchev–Trinajstić information content (AvgIpc) is 0.778. The van der Waals surface area contributed by atoms with Crippen LogP contribution >= 0.6 is 58.0 Å². The summed E-state index contributed by atoms with van der Waals surface area (Å²) in [5.41, 5.74) is -3.60. The van der Waals surface area contributed by atoms with Gasteiger partial charge < -0.3 is 96.0 Å². The number of aromatic hydroxyl groups is 5. The van der Waals surface area contributed by atoms with Crippen LogP contribution < -0.4 is 51.5 Å². The molecular formula is C105H85Cl5F5N5O25. The van der Waals surface area contributed by atoms with Crippen LogP contribution in [-0.2, 0) is 59.2 Å². The molecule has 0 spiro atoms. The molecule has 5 aromatic heterocycles. The molecule has 0 saturated heterocycles. The molecule has 10 aromatic carbocycles. The van der Waals surface area contributed by atoms with Crippen LogP contribution in [0.4, 0.5) is 22.0 Å². The molecule has 15 rings (SSSR count). The third kappa shape index (κ3) is 26.1. The zero-order chi connectivity index (χ0) is 106. The normalized spacial score (nSPS) is 10.9. The van der Waals surface area contributed by atoms with Gasteiger partial charge in [0.1, 0.15) is 177 Å². The van der Waals surface area contributed by atoms with Gasteiger partial charge in [0.15, 0.2) is 28.9 Å². The molecule has 0 aliphatic carbocycles. The number of ketones is 10. The molecule has 0 radical (unpaired) electrons. The summed E-state index contributed by atoms with van der Waals surface area (Å²) in [6.07, 6.45) is -0.859. The number of benzene rings is 10. The maximum atomic E-state index is 13.6. The Morgan fingerprint density at radius 1 is 0.262 bits per heavy atom. The highest BCUT2D eigenvalue weighted by atomic mass is 35.5. The van der Waals surface area contributed by atoms with Crippen molar-refractivity contribution in [3.05, 3.63) is 316 Å². The predicted molar refractivity (Wildman–Crippen MR) is 533 cm³/mol. The van der Waals surface area contributed by atoms with Crippen molar-refractivity contribution in [2.24, 2.45) is 35.2 Å². The van der Waals surface area contributed by atoms with E-state index >= 15 is 0 Å². The molecule has 0 aliphatic rings. The Hall–Kier alpha value is -16.0. The van der Waals surface area contributed by atoms with E-state index in [4.69, 9.17) is 81.7 Å². The van der Waals surface area contributed by atoms with Crippen LogP contribution in [0.25, 0.3) is 54.5 Å². The SMILES string of the molecule is CC(=O)CCC(=O)c1c(O)c2ccc(Oc3cc(F)cc(Cl)c3)cc2n(C)c1=O.CC(=O)CCC(=O)c1c(O)c2ccc(Oc3cc(F)ccc3Cl)cc2n(C)c1=O.CC(=O)CCC(=O)c1c(O)c2ccc(Oc3ccc(F)c(Cl)c3)cc2n(C)c1=O.CC(=O)CCC(=O)c1c(O)c2ccc(Oc3ccc(F)cc3Cl)cc2n(C)c1=O.CC(=O)CCC(=O)c1c(O)c2ccc(Oc3cccc(F)c3Cl)cc2n(C)c1=O. The van der Waals surface area contributed by atoms with E-state index in [1.54, 1.807) is 0 Å². The standard InChI is InChI=1S/5C21H17ClFNO5/c1-11(25)3-8-17(26)19-20(27)14-6-5-13(10-16(14)24(2)21(19)28)29-18-9-12(23)4-7-15(18)22;1-11(25)3-7-17(26)19-20(27)14-6-5-13(10-16(14)24(2)21(19)28)29-18-8-4-12(23)9-15(18)22;1-11(25)3-8-18(26)19-20(27)14-6-4-13(10-17(14)24(2)21(19)28)29-12-5-7-16(23)15(22)9-12;1-11(25)3-6-18(26)19-20(27)16-5-4-14(10-17(16)24(2)21(19)28)29-15-8-12(22)7-13(23)9-15;1-11(25)6-9-16(26)18-20(27)13-8-7-12(10-15(13)24(2)21(18)28)29-17-5-3-4-14(23)19(17)22/h4-7,9-10,27H,3,8H2,1-2H3;4-6,8-10,27H,3,7H2,1-2H3;4-7,9-10,27H,3,8H2,1-2H3;4-5,7-10,27H,3,6H2,1-2H3;3-5,7-8,10,27H,6,9H2,1-2H3. The number of rotatable bonds is 30. The minimum Gasteiger partial charge on any atom is -0.506 e. The number of hydrogen-bond acceptors (Lipinski definition) is 25. The van der Waals surface area contributed by atoms with Crippen molar-refractivity contribution in [2.75, 3.05) is 0 Å². The van der Waals surface area contributed by atoms with Crippen LogP contribution in [-0.4, -0.2) is 106 Å². The minimum atomic E-state index is -0.690. The van der Waals surface area contributed by atoms with Crippen LogP contribution in [0.1, 0.15) is 151 Å². The Kier molecular flexibility index (Phi) is 35.7. The number of carbonyl (C=O) groups is 10. The van der Waals surface area contributed by atoms with Crippen molar-refractivity contribution in [2.45, 2.75) is 98.8 Å². The summed E-state index contributed by atoms with van der Waals surface area (Å²) in [7, 11) is 7.27. The Morgan fingerprint density at radius 3 is 0.869 bits per heavy atom. The number of hydrogen-bond donors (Lipinski definition) is 5. The smallest absolute Gasteiger partial charge is 0.265 e. The molecule has 5 heterocycles. The largest absolute Gasteiger partial charge is 0.506 e. The monoisotopic (exact) mass is 2090 g/mol. The topological polar surface area (TPSA) is 428 Å². The van der Waals surface area contributed by atoms with Gasteiger partial charge in [-0.25, -0.2) is 22.0 Å². The van der Waals surface area contributed by atoms with Gasteiger partial charge in [-0.1, -0.05) is 64.1 Å². The molecule has 0 amide bonds. The molecule has 30 nitrogen and oxygen atoms in total. The first-order valence-corrected chi connectivity index (χ1v) is 45.4. The van der Waals surface area contributed by atoms with E-state index in [1.165, 1.54) is 250 Å². The molecule has 0 saturated carbocycles. The summed E-state index contributed by atoms with van der Waals surface area (Å²) in [5, 5.41) is 54.1. The molecule has 40 heteroatoms. The van der Waals surface area contributed by atoms with Crippen molar-refractivity contribution >= 4 is 170 Å². The zero-order valence-electron chi connectivity index (χ0n) is 78.3. The van der Waals surface area contributed by atoms with Crippen LogP contribution in [0.3, 0.4) is 0 Å². The highest BCUT2D eigenvalue weighted by Crippen LogP contribution is 2.42. The van der Waals surface area contributed by atoms with E-state index in [9.17, 15) is 119 Å². The second-order valence-electron chi connectivity index (χ2n) is 32.9. The minimum absolute atomic E-state index is 0.00747. The molecule has 0 unspecified atom stereocenters. The highest BCUT2D eigenvalue weighted by Gasteiger charge is 2.29. The first-order chi connectivity index (χ1) is 68.4. The molecule has 750 valence electrons. The Labute approximate surface area is 843 Å². The molecule has 0 bridgehead atoms. The summed E-state index contributed by atoms with van der Waals surface area (Å²) >= 11 is 29.4. The van der Waals surface area contributed by atoms with Gasteiger partial charge in [0.05, 0.1) is 42.7 Å². The molecule has 0 fully saturated rings. The van der Waals surface area contributed by atoms with Crippen molar-refractivity contribution in [3.63, 3.8) is 0 Å². The number of Topliss-reactive ketones (excluding diaryl/α,β-unsaturated/α-hetero) is 10. The summed E-state index contributed by atoms with van der Waals surface area (Å²) in [6, 6.07) is 41.6. The zero-order valence-corrected chi connectivity index (χ0v) is 82.1. The number of halogens is 10. The van der Waals surface area contributed by atoms with Gasteiger partial charge in [-0.05, 0) is 162 Å². The van der Waals surface area contributed by atoms with E-state index in [0.29, 0.717) is 44.8 Å². The van der Waals surface area contributed by atoms with Crippen LogP contribution in [0.5, 0.6) is 86.2 Å². The number of carbonyl (C=O) groups excluding carboxylic acids is 10. The van der Waals surface area contributed by atoms with Crippen molar-refractivity contribution in [1.82, 2.24) is 22.8 Å². The summed E-state index contributed by atoms with van der Waals surface area (Å²) in [5.74, 6) is -6.67. The molecule has 5 N–H and O–H groups in total. The summed E-state index contributed by atoms with van der Waals surface area (Å²) < 4.78 is 101. The summed E-state index contributed by atoms with van der Waals surface area (Å²) in [4.78, 5) is 181. The predicted octanol–water partition coefficient (Wildman–Crippen LogP) is 21.9. The average molecular weight is 2090 g/mol.